The summed E-state index contributed by atoms with van der Waals surface area (Å²) in [5.41, 5.74) is 1.14. The minimum atomic E-state index is -0.617. The summed E-state index contributed by atoms with van der Waals surface area (Å²) in [7, 11) is 0. The first-order valence-electron chi connectivity index (χ1n) is 13.1. The van der Waals surface area contributed by atoms with E-state index >= 15 is 0 Å². The van der Waals surface area contributed by atoms with Crippen molar-refractivity contribution in [3.63, 3.8) is 0 Å². The van der Waals surface area contributed by atoms with E-state index in [4.69, 9.17) is 4.74 Å². The Hall–Kier alpha value is -2.21. The van der Waals surface area contributed by atoms with Crippen LogP contribution in [0.5, 0.6) is 0 Å². The number of carbonyl (C=O) groups excluding carboxylic acids is 1. The van der Waals surface area contributed by atoms with Crippen molar-refractivity contribution in [1.29, 1.82) is 0 Å². The van der Waals surface area contributed by atoms with Crippen LogP contribution in [-0.2, 0) is 4.74 Å². The molecular formula is C27H37N3O3. The Morgan fingerprint density at radius 1 is 0.909 bits per heavy atom. The Balaban J connectivity index is 1.49. The summed E-state index contributed by atoms with van der Waals surface area (Å²) in [4.78, 5) is 33.4. The van der Waals surface area contributed by atoms with E-state index in [0.29, 0.717) is 23.6 Å². The minimum absolute atomic E-state index is 0.0804. The lowest BCUT2D eigenvalue weighted by Gasteiger charge is -2.53. The number of ether oxygens (including phenoxy) is 1. The molecule has 33 heavy (non-hydrogen) atoms. The molecule has 0 unspecified atom stereocenters. The molecule has 0 amide bonds. The maximum Gasteiger partial charge on any atom is 0.362 e. The third-order valence-corrected chi connectivity index (χ3v) is 8.13. The molecule has 2 aliphatic heterocycles. The van der Waals surface area contributed by atoms with Gasteiger partial charge in [0.05, 0.1) is 17.6 Å². The smallest absolute Gasteiger partial charge is 0.362 e. The summed E-state index contributed by atoms with van der Waals surface area (Å²) < 4.78 is 7.05. The van der Waals surface area contributed by atoms with Gasteiger partial charge in [0, 0.05) is 24.2 Å². The van der Waals surface area contributed by atoms with E-state index in [2.05, 4.69) is 9.88 Å². The van der Waals surface area contributed by atoms with E-state index < -0.39 is 5.97 Å². The first-order valence-corrected chi connectivity index (χ1v) is 13.1. The zero-order valence-electron chi connectivity index (χ0n) is 19.9. The molecule has 1 aromatic heterocycles. The van der Waals surface area contributed by atoms with Crippen LogP contribution in [0.25, 0.3) is 11.0 Å². The van der Waals surface area contributed by atoms with Crippen molar-refractivity contribution < 1.29 is 9.53 Å². The molecule has 3 fully saturated rings. The molecule has 6 heteroatoms. The lowest BCUT2D eigenvalue weighted by atomic mass is 9.79. The minimum Gasteiger partial charge on any atom is -0.461 e. The average molecular weight is 452 g/mol. The normalized spacial score (nSPS) is 27.1. The molecule has 2 aromatic rings. The van der Waals surface area contributed by atoms with Gasteiger partial charge in [-0.15, -0.1) is 0 Å². The van der Waals surface area contributed by atoms with E-state index in [1.165, 1.54) is 64.2 Å². The first kappa shape index (κ1) is 22.6. The van der Waals surface area contributed by atoms with Crippen LogP contribution in [-0.4, -0.2) is 45.2 Å². The second-order valence-corrected chi connectivity index (χ2v) is 10.2. The summed E-state index contributed by atoms with van der Waals surface area (Å²) in [6.07, 6.45) is 15.1. The third kappa shape index (κ3) is 4.46. The van der Waals surface area contributed by atoms with Crippen molar-refractivity contribution in [2.24, 2.45) is 0 Å². The molecule has 2 saturated heterocycles. The quantitative estimate of drug-likeness (QED) is 0.595. The number of nitrogens with zero attached hydrogens (tertiary/aromatic N) is 3. The van der Waals surface area contributed by atoms with E-state index in [1.807, 2.05) is 28.8 Å². The van der Waals surface area contributed by atoms with Gasteiger partial charge in [-0.2, -0.15) is 0 Å². The molecule has 1 saturated carbocycles. The van der Waals surface area contributed by atoms with Gasteiger partial charge < -0.3 is 9.30 Å². The molecule has 2 bridgehead atoms. The summed E-state index contributed by atoms with van der Waals surface area (Å²) >= 11 is 0. The van der Waals surface area contributed by atoms with Crippen LogP contribution in [0.4, 0.5) is 0 Å². The van der Waals surface area contributed by atoms with Crippen LogP contribution in [0, 0.1) is 0 Å². The van der Waals surface area contributed by atoms with Crippen LogP contribution >= 0.6 is 0 Å². The van der Waals surface area contributed by atoms with Crippen molar-refractivity contribution >= 4 is 17.0 Å². The Morgan fingerprint density at radius 3 is 2.24 bits per heavy atom. The van der Waals surface area contributed by atoms with Gasteiger partial charge in [0.25, 0.3) is 5.56 Å². The van der Waals surface area contributed by atoms with E-state index in [9.17, 15) is 9.59 Å². The molecule has 1 aromatic carbocycles. The highest BCUT2D eigenvalue weighted by atomic mass is 16.5. The molecular weight excluding hydrogens is 414 g/mol. The summed E-state index contributed by atoms with van der Waals surface area (Å²) in [6.45, 7) is 1.99. The van der Waals surface area contributed by atoms with Gasteiger partial charge in [0.15, 0.2) is 0 Å². The number of aromatic nitrogens is 2. The molecule has 0 spiro atoms. The number of piperidine rings is 2. The standard InChI is InChI=1S/C27H37N3O3/c1-2-33-27(32)25-26(31)30(24-16-9-8-15-23(24)28-25)22-17-20-13-10-14-21(18-22)29(20)19-11-6-4-3-5-7-12-19/h8-9,15-16,19-22H,2-7,10-14,17-18H2,1H3/t20-,21+,22-. The van der Waals surface area contributed by atoms with Crippen LogP contribution < -0.4 is 5.56 Å². The molecule has 3 atom stereocenters. The zero-order chi connectivity index (χ0) is 22.8. The zero-order valence-corrected chi connectivity index (χ0v) is 19.9. The Bertz CT molecular complexity index is 1030. The summed E-state index contributed by atoms with van der Waals surface area (Å²) in [5.74, 6) is -0.617. The maximum absolute atomic E-state index is 13.6. The average Bonchev–Trinajstić information content (AvgIpc) is 2.78. The van der Waals surface area contributed by atoms with Crippen LogP contribution in [0.1, 0.15) is 101 Å². The van der Waals surface area contributed by atoms with Gasteiger partial charge in [-0.1, -0.05) is 50.7 Å². The molecule has 5 rings (SSSR count). The molecule has 6 nitrogen and oxygen atoms in total. The van der Waals surface area contributed by atoms with Crippen LogP contribution in [0.2, 0.25) is 0 Å². The number of benzene rings is 1. The van der Waals surface area contributed by atoms with Crippen LogP contribution in [0.15, 0.2) is 29.1 Å². The molecule has 1 aliphatic carbocycles. The van der Waals surface area contributed by atoms with Gasteiger partial charge in [-0.05, 0) is 57.6 Å². The highest BCUT2D eigenvalue weighted by Crippen LogP contribution is 2.42. The lowest BCUT2D eigenvalue weighted by molar-refractivity contribution is -0.0247. The topological polar surface area (TPSA) is 64.4 Å². The van der Waals surface area contributed by atoms with Crippen molar-refractivity contribution in [3.05, 3.63) is 40.3 Å². The first-order chi connectivity index (χ1) is 16.2. The van der Waals surface area contributed by atoms with Crippen LogP contribution in [0.3, 0.4) is 0 Å². The second kappa shape index (κ2) is 9.96. The number of carbonyl (C=O) groups is 1. The van der Waals surface area contributed by atoms with Gasteiger partial charge in [0.1, 0.15) is 0 Å². The van der Waals surface area contributed by atoms with Gasteiger partial charge >= 0.3 is 5.97 Å². The summed E-state index contributed by atoms with van der Waals surface area (Å²) in [6, 6.07) is 9.56. The van der Waals surface area contributed by atoms with E-state index in [-0.39, 0.29) is 23.9 Å². The number of esters is 1. The molecule has 0 radical (unpaired) electrons. The fourth-order valence-electron chi connectivity index (χ4n) is 6.78. The van der Waals surface area contributed by atoms with Crippen molar-refractivity contribution in [2.75, 3.05) is 6.61 Å². The van der Waals surface area contributed by atoms with Gasteiger partial charge in [0.2, 0.25) is 5.69 Å². The maximum atomic E-state index is 13.6. The number of para-hydroxylation sites is 2. The Morgan fingerprint density at radius 2 is 1.55 bits per heavy atom. The molecule has 178 valence electrons. The second-order valence-electron chi connectivity index (χ2n) is 10.2. The lowest BCUT2D eigenvalue weighted by Crippen LogP contribution is -2.57. The van der Waals surface area contributed by atoms with E-state index in [0.717, 1.165) is 18.4 Å². The summed E-state index contributed by atoms with van der Waals surface area (Å²) in [5, 5.41) is 0. The van der Waals surface area contributed by atoms with Crippen molar-refractivity contribution in [3.8, 4) is 0 Å². The highest BCUT2D eigenvalue weighted by Gasteiger charge is 2.42. The fourth-order valence-corrected chi connectivity index (χ4v) is 6.78. The number of fused-ring (bicyclic) bond motifs is 3. The van der Waals surface area contributed by atoms with Crippen molar-refractivity contribution in [2.45, 2.75) is 108 Å². The number of hydrogen-bond acceptors (Lipinski definition) is 5. The Labute approximate surface area is 196 Å². The van der Waals surface area contributed by atoms with Gasteiger partial charge in [-0.25, -0.2) is 9.78 Å². The number of hydrogen-bond donors (Lipinski definition) is 0. The number of rotatable bonds is 4. The predicted octanol–water partition coefficient (Wildman–Crippen LogP) is 5.24. The highest BCUT2D eigenvalue weighted by molar-refractivity contribution is 5.89. The molecule has 0 N–H and O–H groups in total. The fraction of sp³-hybridized carbons (Fsp3) is 0.667. The Kier molecular flexibility index (Phi) is 6.81. The monoisotopic (exact) mass is 451 g/mol. The van der Waals surface area contributed by atoms with Gasteiger partial charge in [-0.3, -0.25) is 9.69 Å². The largest absolute Gasteiger partial charge is 0.461 e. The predicted molar refractivity (Wildman–Crippen MR) is 130 cm³/mol. The molecule has 3 heterocycles. The van der Waals surface area contributed by atoms with Crippen molar-refractivity contribution in [1.82, 2.24) is 14.5 Å². The molecule has 3 aliphatic rings. The third-order valence-electron chi connectivity index (χ3n) is 8.13. The SMILES string of the molecule is CCOC(=O)c1nc2ccccc2n([C@@H]2C[C@H]3CCC[C@@H](C2)N3C2CCCCCCC2)c1=O. The van der Waals surface area contributed by atoms with E-state index in [1.54, 1.807) is 6.92 Å².